The zero-order valence-electron chi connectivity index (χ0n) is 16.2. The van der Waals surface area contributed by atoms with Crippen molar-refractivity contribution in [1.29, 1.82) is 0 Å². The molecule has 0 aliphatic carbocycles. The molecule has 0 aliphatic rings. The lowest BCUT2D eigenvalue weighted by atomic mass is 10.0. The van der Waals surface area contributed by atoms with Crippen LogP contribution in [0.25, 0.3) is 5.65 Å². The fraction of sp³-hybridized carbons (Fsp3) is 0.316. The Balaban J connectivity index is 2.18. The van der Waals surface area contributed by atoms with Gasteiger partial charge in [0, 0.05) is 38.2 Å². The van der Waals surface area contributed by atoms with Gasteiger partial charge in [-0.3, -0.25) is 0 Å². The summed E-state index contributed by atoms with van der Waals surface area (Å²) in [6.07, 6.45) is 2.59. The summed E-state index contributed by atoms with van der Waals surface area (Å²) >= 11 is 0. The van der Waals surface area contributed by atoms with E-state index in [-0.39, 0.29) is 0 Å². The Morgan fingerprint density at radius 1 is 1.19 bits per heavy atom. The molecule has 0 saturated heterocycles. The number of benzene rings is 1. The normalized spacial score (nSPS) is 11.4. The van der Waals surface area contributed by atoms with Crippen LogP contribution < -0.4 is 15.3 Å². The molecule has 0 saturated carbocycles. The SMILES string of the molecule is [B]c1cnn2c(N(C(=O)OC(C)(C)C)c3cccc(N(C)C)c3)ccnc12. The van der Waals surface area contributed by atoms with Crippen LogP contribution in [0.15, 0.2) is 42.7 Å². The van der Waals surface area contributed by atoms with E-state index in [9.17, 15) is 4.79 Å². The molecule has 0 unspecified atom stereocenters. The maximum atomic E-state index is 13.1. The van der Waals surface area contributed by atoms with Gasteiger partial charge < -0.3 is 9.64 Å². The van der Waals surface area contributed by atoms with E-state index in [0.717, 1.165) is 5.69 Å². The Morgan fingerprint density at radius 2 is 1.89 bits per heavy atom. The number of carbonyl (C=O) groups is 1. The molecule has 0 bridgehead atoms. The number of nitrogens with zero attached hydrogens (tertiary/aromatic N) is 5. The zero-order chi connectivity index (χ0) is 19.8. The number of anilines is 3. The average molecular weight is 363 g/mol. The number of amides is 1. The lowest BCUT2D eigenvalue weighted by Gasteiger charge is -2.28. The highest BCUT2D eigenvalue weighted by atomic mass is 16.6. The molecule has 2 radical (unpaired) electrons. The summed E-state index contributed by atoms with van der Waals surface area (Å²) in [4.78, 5) is 20.8. The standard InChI is InChI=1S/C19H22BN5O2/c1-19(2,3)27-18(26)24(14-8-6-7-13(11-14)23(4)5)16-9-10-21-17-15(20)12-22-25(16)17/h6-12H,1-5H3. The minimum Gasteiger partial charge on any atom is -0.443 e. The molecule has 1 amide bonds. The van der Waals surface area contributed by atoms with Crippen LogP contribution in [-0.4, -0.2) is 48.2 Å². The number of fused-ring (bicyclic) bond motifs is 1. The first kappa shape index (κ1) is 18.8. The maximum Gasteiger partial charge on any atom is 0.420 e. The molecule has 8 heteroatoms. The van der Waals surface area contributed by atoms with E-state index in [1.54, 1.807) is 12.3 Å². The van der Waals surface area contributed by atoms with Gasteiger partial charge in [-0.1, -0.05) is 6.07 Å². The van der Waals surface area contributed by atoms with Crippen molar-refractivity contribution < 1.29 is 9.53 Å². The molecule has 0 spiro atoms. The van der Waals surface area contributed by atoms with Gasteiger partial charge in [0.1, 0.15) is 24.9 Å². The molecule has 2 aromatic heterocycles. The van der Waals surface area contributed by atoms with E-state index in [1.807, 2.05) is 64.0 Å². The number of hydrogen-bond donors (Lipinski definition) is 0. The molecule has 0 N–H and O–H groups in total. The number of aromatic nitrogens is 3. The molecule has 0 aliphatic heterocycles. The Kier molecular flexibility index (Phi) is 4.82. The van der Waals surface area contributed by atoms with Crippen molar-refractivity contribution in [3.8, 4) is 0 Å². The first-order chi connectivity index (χ1) is 12.7. The number of hydrogen-bond acceptors (Lipinski definition) is 5. The van der Waals surface area contributed by atoms with E-state index in [1.165, 1.54) is 15.6 Å². The summed E-state index contributed by atoms with van der Waals surface area (Å²) in [5.74, 6) is 0.488. The predicted molar refractivity (Wildman–Crippen MR) is 108 cm³/mol. The lowest BCUT2D eigenvalue weighted by molar-refractivity contribution is 0.0597. The van der Waals surface area contributed by atoms with Crippen LogP contribution in [0.5, 0.6) is 0 Å². The Bertz CT molecular complexity index is 978. The third-order valence-corrected chi connectivity index (χ3v) is 3.82. The number of carbonyl (C=O) groups excluding carboxylic acids is 1. The minimum atomic E-state index is -0.649. The molecule has 138 valence electrons. The quantitative estimate of drug-likeness (QED) is 0.670. The smallest absolute Gasteiger partial charge is 0.420 e. The van der Waals surface area contributed by atoms with Gasteiger partial charge in [0.2, 0.25) is 0 Å². The maximum absolute atomic E-state index is 13.1. The van der Waals surface area contributed by atoms with Gasteiger partial charge in [-0.05, 0) is 44.4 Å². The van der Waals surface area contributed by atoms with Gasteiger partial charge >= 0.3 is 6.09 Å². The highest BCUT2D eigenvalue weighted by Crippen LogP contribution is 2.30. The topological polar surface area (TPSA) is 63.0 Å². The van der Waals surface area contributed by atoms with E-state index < -0.39 is 11.7 Å². The molecule has 0 atom stereocenters. The second-order valence-corrected chi connectivity index (χ2v) is 7.37. The van der Waals surface area contributed by atoms with Crippen molar-refractivity contribution in [2.24, 2.45) is 0 Å². The van der Waals surface area contributed by atoms with Crippen molar-refractivity contribution in [3.63, 3.8) is 0 Å². The molecule has 0 fully saturated rings. The monoisotopic (exact) mass is 363 g/mol. The van der Waals surface area contributed by atoms with Crippen LogP contribution >= 0.6 is 0 Å². The zero-order valence-corrected chi connectivity index (χ0v) is 16.2. The highest BCUT2D eigenvalue weighted by Gasteiger charge is 2.27. The fourth-order valence-corrected chi connectivity index (χ4v) is 2.61. The number of ether oxygens (including phenoxy) is 1. The van der Waals surface area contributed by atoms with Gasteiger partial charge in [-0.25, -0.2) is 14.7 Å². The Hall–Kier alpha value is -3.03. The largest absolute Gasteiger partial charge is 0.443 e. The molecule has 1 aromatic carbocycles. The number of rotatable bonds is 3. The molecular formula is C19H22BN5O2. The Morgan fingerprint density at radius 3 is 2.56 bits per heavy atom. The minimum absolute atomic E-state index is 0.433. The third kappa shape index (κ3) is 3.89. The summed E-state index contributed by atoms with van der Waals surface area (Å²) < 4.78 is 7.17. The van der Waals surface area contributed by atoms with Crippen molar-refractivity contribution in [3.05, 3.63) is 42.7 Å². The van der Waals surface area contributed by atoms with Gasteiger partial charge in [0.15, 0.2) is 0 Å². The van der Waals surface area contributed by atoms with Crippen LogP contribution in [-0.2, 0) is 4.74 Å². The van der Waals surface area contributed by atoms with Gasteiger partial charge in [0.25, 0.3) is 0 Å². The summed E-state index contributed by atoms with van der Waals surface area (Å²) in [7, 11) is 9.82. The van der Waals surface area contributed by atoms with Crippen LogP contribution in [0.2, 0.25) is 0 Å². The fourth-order valence-electron chi connectivity index (χ4n) is 2.61. The second-order valence-electron chi connectivity index (χ2n) is 7.37. The second kappa shape index (κ2) is 6.94. The first-order valence-corrected chi connectivity index (χ1v) is 8.56. The van der Waals surface area contributed by atoms with E-state index >= 15 is 0 Å². The molecule has 27 heavy (non-hydrogen) atoms. The van der Waals surface area contributed by atoms with Crippen molar-refractivity contribution >= 4 is 42.2 Å². The Labute approximate surface area is 160 Å². The van der Waals surface area contributed by atoms with Gasteiger partial charge in [-0.2, -0.15) is 9.61 Å². The van der Waals surface area contributed by atoms with Crippen molar-refractivity contribution in [2.75, 3.05) is 23.9 Å². The van der Waals surface area contributed by atoms with Gasteiger partial charge in [-0.15, -0.1) is 0 Å². The van der Waals surface area contributed by atoms with E-state index in [4.69, 9.17) is 12.6 Å². The summed E-state index contributed by atoms with van der Waals surface area (Å²) in [5.41, 5.74) is 1.86. The van der Waals surface area contributed by atoms with Crippen molar-refractivity contribution in [1.82, 2.24) is 14.6 Å². The molecule has 3 rings (SSSR count). The summed E-state index contributed by atoms with van der Waals surface area (Å²) in [6.45, 7) is 5.48. The van der Waals surface area contributed by atoms with E-state index in [2.05, 4.69) is 10.1 Å². The third-order valence-electron chi connectivity index (χ3n) is 3.82. The van der Waals surface area contributed by atoms with Crippen LogP contribution in [0.3, 0.4) is 0 Å². The van der Waals surface area contributed by atoms with Crippen LogP contribution in [0, 0.1) is 0 Å². The average Bonchev–Trinajstić information content (AvgIpc) is 2.96. The first-order valence-electron chi connectivity index (χ1n) is 8.56. The van der Waals surface area contributed by atoms with Crippen molar-refractivity contribution in [2.45, 2.75) is 26.4 Å². The predicted octanol–water partition coefficient (Wildman–Crippen LogP) is 2.66. The van der Waals surface area contributed by atoms with Crippen LogP contribution in [0.4, 0.5) is 22.0 Å². The lowest BCUT2D eigenvalue weighted by Crippen LogP contribution is -2.35. The molecule has 3 aromatic rings. The molecular weight excluding hydrogens is 341 g/mol. The van der Waals surface area contributed by atoms with Crippen LogP contribution in [0.1, 0.15) is 20.8 Å². The highest BCUT2D eigenvalue weighted by molar-refractivity contribution is 6.36. The summed E-state index contributed by atoms with van der Waals surface area (Å²) in [5, 5.41) is 4.27. The summed E-state index contributed by atoms with van der Waals surface area (Å²) in [6, 6.07) is 9.30. The van der Waals surface area contributed by atoms with E-state index in [0.29, 0.717) is 22.6 Å². The van der Waals surface area contributed by atoms with Gasteiger partial charge in [0.05, 0.1) is 5.69 Å². The molecule has 7 nitrogen and oxygen atoms in total. The molecule has 2 heterocycles.